The molecule has 0 unspecified atom stereocenters. The van der Waals surface area contributed by atoms with Gasteiger partial charge in [-0.25, -0.2) is 19.6 Å². The highest BCUT2D eigenvalue weighted by Crippen LogP contribution is 2.50. The van der Waals surface area contributed by atoms with E-state index in [4.69, 9.17) is 19.4 Å². The third kappa shape index (κ3) is 8.33. The quantitative estimate of drug-likeness (QED) is 0.105. The van der Waals surface area contributed by atoms with Crippen molar-refractivity contribution in [3.8, 4) is 33.6 Å². The number of ether oxygens (including phenoxy) is 2. The number of hydrogen-bond acceptors (Lipinski definition) is 8. The van der Waals surface area contributed by atoms with E-state index in [0.29, 0.717) is 36.1 Å². The molecule has 2 saturated carbocycles. The first-order chi connectivity index (χ1) is 33.8. The van der Waals surface area contributed by atoms with E-state index in [-0.39, 0.29) is 35.7 Å². The smallest absolute Gasteiger partial charge is 0.407 e. The summed E-state index contributed by atoms with van der Waals surface area (Å²) in [5, 5.41) is 5.63. The number of likely N-dealkylation sites (tertiary alicyclic amines) is 2. The number of rotatable bonds is 10. The second-order valence-corrected chi connectivity index (χ2v) is 19.5. The molecule has 4 aromatic carbocycles. The van der Waals surface area contributed by atoms with E-state index in [0.717, 1.165) is 92.0 Å². The van der Waals surface area contributed by atoms with Gasteiger partial charge in [0.1, 0.15) is 23.7 Å². The van der Waals surface area contributed by atoms with Crippen LogP contribution in [0.1, 0.15) is 109 Å². The predicted octanol–water partition coefficient (Wildman–Crippen LogP) is 9.61. The number of aromatic amines is 2. The Balaban J connectivity index is 0.834. The molecule has 4 fully saturated rings. The third-order valence-corrected chi connectivity index (χ3v) is 15.8. The molecule has 3 aliphatic carbocycles. The number of nitrogens with one attached hydrogen (secondary N) is 4. The Hall–Kier alpha value is -7.22. The normalized spacial score (nSPS) is 23.2. The molecule has 2 aromatic heterocycles. The Bertz CT molecular complexity index is 2690. The van der Waals surface area contributed by atoms with Crippen LogP contribution in [-0.2, 0) is 25.5 Å². The van der Waals surface area contributed by atoms with Crippen LogP contribution in [0.15, 0.2) is 109 Å². The number of carbonyl (C=O) groups is 4. The SMILES string of the molecule is COC(=O)N[C@@H](C(=O)N1C[C@H]2CCCC[C@H]2[C@H]1c1ncc(-c2ccc3c(c2)Cc2cc(-c4cnc([C@H]5[C@H]6CCCC[C@H]6CN5C(=O)[C@H](NC(=O)OC)c5ccccc5)[nH]4)ccc2-3)[nH]1)c1ccccc1. The van der Waals surface area contributed by atoms with Crippen LogP contribution in [0.4, 0.5) is 9.59 Å². The van der Waals surface area contributed by atoms with Crippen molar-refractivity contribution in [3.05, 3.63) is 143 Å². The molecule has 4 N–H and O–H groups in total. The monoisotopic (exact) mass is 926 g/mol. The van der Waals surface area contributed by atoms with E-state index in [2.05, 4.69) is 57.0 Å². The van der Waals surface area contributed by atoms with E-state index >= 15 is 0 Å². The number of benzene rings is 4. The minimum Gasteiger partial charge on any atom is -0.453 e. The Labute approximate surface area is 401 Å². The molecular formula is C55H58N8O6. The topological polar surface area (TPSA) is 175 Å². The molecule has 8 atom stereocenters. The number of fused-ring (bicyclic) bond motifs is 5. The standard InChI is InChI=1S/C55H58N8O6/c1-68-54(66)60-46(32-13-5-3-6-14-32)52(64)62-30-36-17-9-11-19-42(36)48(62)50-56-28-44(58-50)34-21-23-40-38(25-34)27-39-26-35(22-24-41(39)40)45-29-57-51(59-45)49-43-20-12-10-18-37(43)31-63(49)53(65)47(61-55(67)69-2)33-15-7-4-8-16-33/h3-8,13-16,21-26,28-29,36-37,42-43,46-49H,9-12,17-20,27,30-31H2,1-2H3,(H,56,58)(H,57,59)(H,60,66)(H,61,67)/t36-,37+,42-,43+,46-,47-,48+,49-/m1/s1. The zero-order chi connectivity index (χ0) is 47.2. The van der Waals surface area contributed by atoms with E-state index in [1.54, 1.807) is 0 Å². The molecule has 14 nitrogen and oxygen atoms in total. The highest BCUT2D eigenvalue weighted by molar-refractivity contribution is 5.89. The fourth-order valence-electron chi connectivity index (χ4n) is 12.5. The average molecular weight is 927 g/mol. The maximum atomic E-state index is 14.6. The summed E-state index contributed by atoms with van der Waals surface area (Å²) < 4.78 is 9.91. The van der Waals surface area contributed by atoms with Gasteiger partial charge in [-0.3, -0.25) is 9.59 Å². The Morgan fingerprint density at radius 2 is 1.00 bits per heavy atom. The lowest BCUT2D eigenvalue weighted by Gasteiger charge is -2.31. The van der Waals surface area contributed by atoms with Gasteiger partial charge in [0.25, 0.3) is 11.8 Å². The minimum absolute atomic E-state index is 0.166. The van der Waals surface area contributed by atoms with E-state index in [1.807, 2.05) is 82.9 Å². The first-order valence-corrected chi connectivity index (χ1v) is 24.5. The van der Waals surface area contributed by atoms with Crippen molar-refractivity contribution < 1.29 is 28.7 Å². The van der Waals surface area contributed by atoms with Gasteiger partial charge in [0.05, 0.1) is 50.1 Å². The van der Waals surface area contributed by atoms with Crippen molar-refractivity contribution >= 4 is 24.0 Å². The number of amides is 4. The highest BCUT2D eigenvalue weighted by atomic mass is 16.5. The van der Waals surface area contributed by atoms with Crippen LogP contribution in [0, 0.1) is 23.7 Å². The molecule has 354 valence electrons. The van der Waals surface area contributed by atoms with Crippen molar-refractivity contribution in [2.24, 2.45) is 23.7 Å². The van der Waals surface area contributed by atoms with Gasteiger partial charge in [-0.15, -0.1) is 0 Å². The molecule has 4 heterocycles. The Morgan fingerprint density at radius 3 is 1.42 bits per heavy atom. The molecule has 2 saturated heterocycles. The summed E-state index contributed by atoms with van der Waals surface area (Å²) in [6.07, 6.45) is 11.9. The van der Waals surface area contributed by atoms with E-state index in [1.165, 1.54) is 36.5 Å². The molecule has 69 heavy (non-hydrogen) atoms. The second-order valence-electron chi connectivity index (χ2n) is 19.5. The number of nitrogens with zero attached hydrogens (tertiary/aromatic N) is 4. The molecule has 0 radical (unpaired) electrons. The van der Waals surface area contributed by atoms with Crippen LogP contribution in [-0.4, -0.2) is 81.0 Å². The summed E-state index contributed by atoms with van der Waals surface area (Å²) in [5.41, 5.74) is 10.1. The summed E-state index contributed by atoms with van der Waals surface area (Å²) in [7, 11) is 2.62. The number of imidazole rings is 2. The number of H-pyrrole nitrogens is 2. The van der Waals surface area contributed by atoms with Gasteiger partial charge in [0.15, 0.2) is 0 Å². The predicted molar refractivity (Wildman–Crippen MR) is 259 cm³/mol. The minimum atomic E-state index is -0.890. The first kappa shape index (κ1) is 44.3. The first-order valence-electron chi connectivity index (χ1n) is 24.5. The van der Waals surface area contributed by atoms with Crippen LogP contribution in [0.3, 0.4) is 0 Å². The lowest BCUT2D eigenvalue weighted by molar-refractivity contribution is -0.135. The molecule has 6 aromatic rings. The summed E-state index contributed by atoms with van der Waals surface area (Å²) in [6.45, 7) is 1.22. The average Bonchev–Trinajstić information content (AvgIpc) is 4.25. The molecule has 5 aliphatic rings. The largest absolute Gasteiger partial charge is 0.453 e. The highest BCUT2D eigenvalue weighted by Gasteiger charge is 2.50. The maximum Gasteiger partial charge on any atom is 0.407 e. The van der Waals surface area contributed by atoms with E-state index in [9.17, 15) is 19.2 Å². The fourth-order valence-corrected chi connectivity index (χ4v) is 12.5. The van der Waals surface area contributed by atoms with Gasteiger partial charge < -0.3 is 39.9 Å². The Kier molecular flexibility index (Phi) is 12.0. The van der Waals surface area contributed by atoms with Gasteiger partial charge in [0, 0.05) is 13.1 Å². The van der Waals surface area contributed by atoms with Crippen molar-refractivity contribution in [3.63, 3.8) is 0 Å². The molecule has 0 spiro atoms. The molecule has 4 amide bonds. The van der Waals surface area contributed by atoms with Gasteiger partial charge in [-0.1, -0.05) is 111 Å². The van der Waals surface area contributed by atoms with Crippen LogP contribution in [0.5, 0.6) is 0 Å². The van der Waals surface area contributed by atoms with Gasteiger partial charge >= 0.3 is 12.2 Å². The molecule has 2 aliphatic heterocycles. The zero-order valence-electron chi connectivity index (χ0n) is 39.0. The number of methoxy groups -OCH3 is 2. The third-order valence-electron chi connectivity index (χ3n) is 15.8. The molecule has 14 heteroatoms. The fraction of sp³-hybridized carbons (Fsp3) is 0.382. The van der Waals surface area contributed by atoms with Crippen LogP contribution >= 0.6 is 0 Å². The second kappa shape index (κ2) is 18.7. The maximum absolute atomic E-state index is 14.6. The van der Waals surface area contributed by atoms with Gasteiger partial charge in [0.2, 0.25) is 0 Å². The van der Waals surface area contributed by atoms with Crippen LogP contribution < -0.4 is 10.6 Å². The van der Waals surface area contributed by atoms with Crippen molar-refractivity contribution in [1.82, 2.24) is 40.4 Å². The lowest BCUT2D eigenvalue weighted by atomic mass is 9.78. The van der Waals surface area contributed by atoms with Crippen LogP contribution in [0.2, 0.25) is 0 Å². The summed E-state index contributed by atoms with van der Waals surface area (Å²) in [6, 6.07) is 29.6. The van der Waals surface area contributed by atoms with Gasteiger partial charge in [-0.05, 0) is 112 Å². The molecule has 0 bridgehead atoms. The Morgan fingerprint density at radius 1 is 0.580 bits per heavy atom. The number of alkyl carbamates (subject to hydrolysis) is 2. The number of carbonyl (C=O) groups excluding carboxylic acids is 4. The molecule has 11 rings (SSSR count). The van der Waals surface area contributed by atoms with E-state index < -0.39 is 24.3 Å². The lowest BCUT2D eigenvalue weighted by Crippen LogP contribution is -2.43. The molecular weight excluding hydrogens is 869 g/mol. The summed E-state index contributed by atoms with van der Waals surface area (Å²) in [5.74, 6) is 2.43. The van der Waals surface area contributed by atoms with Crippen molar-refractivity contribution in [2.75, 3.05) is 27.3 Å². The zero-order valence-corrected chi connectivity index (χ0v) is 39.0. The number of hydrogen-bond donors (Lipinski definition) is 4. The van der Waals surface area contributed by atoms with Crippen molar-refractivity contribution in [2.45, 2.75) is 82.0 Å². The summed E-state index contributed by atoms with van der Waals surface area (Å²) in [4.78, 5) is 75.5. The van der Waals surface area contributed by atoms with Gasteiger partial charge in [-0.2, -0.15) is 0 Å². The summed E-state index contributed by atoms with van der Waals surface area (Å²) >= 11 is 0. The number of aromatic nitrogens is 4. The van der Waals surface area contributed by atoms with Crippen molar-refractivity contribution in [1.29, 1.82) is 0 Å². The van der Waals surface area contributed by atoms with Crippen LogP contribution in [0.25, 0.3) is 33.6 Å².